The average Bonchev–Trinajstić information content (AvgIpc) is 2.78. The molecule has 0 heterocycles. The van der Waals surface area contributed by atoms with E-state index in [2.05, 4.69) is 0 Å². The van der Waals surface area contributed by atoms with Crippen molar-refractivity contribution in [3.05, 3.63) is 108 Å². The van der Waals surface area contributed by atoms with Gasteiger partial charge in [0.2, 0.25) is 0 Å². The van der Waals surface area contributed by atoms with Gasteiger partial charge >= 0.3 is 0 Å². The molecule has 31 heavy (non-hydrogen) atoms. The minimum Gasteiger partial charge on any atom is -0.206 e. The van der Waals surface area contributed by atoms with Gasteiger partial charge in [-0.1, -0.05) is 66.7 Å². The molecule has 0 fully saturated rings. The number of hydrogen-bond donors (Lipinski definition) is 0. The van der Waals surface area contributed by atoms with Gasteiger partial charge in [0.15, 0.2) is 23.3 Å². The summed E-state index contributed by atoms with van der Waals surface area (Å²) in [6, 6.07) is 20.0. The van der Waals surface area contributed by atoms with Crippen LogP contribution in [0.3, 0.4) is 0 Å². The molecule has 0 aliphatic carbocycles. The smallest absolute Gasteiger partial charge is 0.169 e. The van der Waals surface area contributed by atoms with Gasteiger partial charge in [0.05, 0.1) is 5.56 Å². The van der Waals surface area contributed by atoms with E-state index in [0.29, 0.717) is 21.9 Å². The summed E-state index contributed by atoms with van der Waals surface area (Å²) in [6.07, 6.45) is 0. The molecule has 0 saturated heterocycles. The molecule has 0 nitrogen and oxygen atoms in total. The van der Waals surface area contributed by atoms with Crippen LogP contribution in [0.25, 0.3) is 43.8 Å². The topological polar surface area (TPSA) is 0 Å². The SMILES string of the molecule is Fc1cc(F)c(F)c(-c2c3ccccc3c(-c3ccccc3)c3c(F)cccc23)c1F. The van der Waals surface area contributed by atoms with E-state index in [-0.39, 0.29) is 22.4 Å². The first kappa shape index (κ1) is 19.2. The van der Waals surface area contributed by atoms with Crippen molar-refractivity contribution in [1.82, 2.24) is 0 Å². The standard InChI is InChI=1S/C26H13F5/c27-18-12-6-11-17-22(24-25(30)19(28)13-20(29)26(24)31)16-10-5-4-9-15(16)21(23(17)18)14-7-2-1-3-8-14/h1-13H. The minimum atomic E-state index is -1.53. The predicted octanol–water partition coefficient (Wildman–Crippen LogP) is 8.02. The second-order valence-corrected chi connectivity index (χ2v) is 7.17. The first-order chi connectivity index (χ1) is 15.0. The molecular formula is C26H13F5. The highest BCUT2D eigenvalue weighted by atomic mass is 19.2. The zero-order valence-corrected chi connectivity index (χ0v) is 15.9. The molecule has 0 bridgehead atoms. The second kappa shape index (κ2) is 7.20. The summed E-state index contributed by atoms with van der Waals surface area (Å²) in [5.41, 5.74) is 0.277. The summed E-state index contributed by atoms with van der Waals surface area (Å²) in [4.78, 5) is 0. The monoisotopic (exact) mass is 420 g/mol. The largest absolute Gasteiger partial charge is 0.206 e. The molecule has 0 aromatic heterocycles. The number of benzene rings is 5. The maximum absolute atomic E-state index is 15.2. The van der Waals surface area contributed by atoms with Gasteiger partial charge in [0.25, 0.3) is 0 Å². The van der Waals surface area contributed by atoms with Crippen LogP contribution in [0, 0.1) is 29.1 Å². The number of hydrogen-bond acceptors (Lipinski definition) is 0. The van der Waals surface area contributed by atoms with E-state index >= 15 is 4.39 Å². The van der Waals surface area contributed by atoms with E-state index < -0.39 is 34.6 Å². The van der Waals surface area contributed by atoms with E-state index in [9.17, 15) is 17.6 Å². The maximum atomic E-state index is 15.2. The fourth-order valence-electron chi connectivity index (χ4n) is 4.15. The van der Waals surface area contributed by atoms with E-state index in [4.69, 9.17) is 0 Å². The molecule has 0 aliphatic heterocycles. The van der Waals surface area contributed by atoms with Crippen molar-refractivity contribution in [2.75, 3.05) is 0 Å². The lowest BCUT2D eigenvalue weighted by atomic mass is 9.85. The van der Waals surface area contributed by atoms with Gasteiger partial charge in [-0.25, -0.2) is 22.0 Å². The number of halogens is 5. The van der Waals surface area contributed by atoms with Crippen LogP contribution in [-0.4, -0.2) is 0 Å². The Labute approximate surface area is 174 Å². The zero-order valence-electron chi connectivity index (χ0n) is 15.9. The Balaban J connectivity index is 2.09. The van der Waals surface area contributed by atoms with Gasteiger partial charge in [-0.15, -0.1) is 0 Å². The third-order valence-corrected chi connectivity index (χ3v) is 5.42. The molecule has 5 aromatic carbocycles. The van der Waals surface area contributed by atoms with Gasteiger partial charge in [0.1, 0.15) is 5.82 Å². The van der Waals surface area contributed by atoms with Crippen molar-refractivity contribution >= 4 is 21.5 Å². The summed E-state index contributed by atoms with van der Waals surface area (Å²) in [5.74, 6) is -6.70. The first-order valence-electron chi connectivity index (χ1n) is 9.50. The molecule has 0 N–H and O–H groups in total. The van der Waals surface area contributed by atoms with Crippen molar-refractivity contribution in [2.45, 2.75) is 0 Å². The molecule has 5 rings (SSSR count). The van der Waals surface area contributed by atoms with Gasteiger partial charge in [-0.3, -0.25) is 0 Å². The normalized spacial score (nSPS) is 11.4. The van der Waals surface area contributed by atoms with Crippen LogP contribution in [0.15, 0.2) is 78.9 Å². The fraction of sp³-hybridized carbons (Fsp3) is 0. The molecule has 0 saturated carbocycles. The highest BCUT2D eigenvalue weighted by molar-refractivity contribution is 6.21. The lowest BCUT2D eigenvalue weighted by Crippen LogP contribution is -2.01. The van der Waals surface area contributed by atoms with Crippen LogP contribution in [0.4, 0.5) is 22.0 Å². The van der Waals surface area contributed by atoms with Crippen molar-refractivity contribution in [2.24, 2.45) is 0 Å². The molecule has 0 unspecified atom stereocenters. The van der Waals surface area contributed by atoms with Gasteiger partial charge < -0.3 is 0 Å². The highest BCUT2D eigenvalue weighted by Crippen LogP contribution is 2.46. The van der Waals surface area contributed by atoms with E-state index in [0.717, 1.165) is 0 Å². The molecule has 0 amide bonds. The third kappa shape index (κ3) is 2.88. The first-order valence-corrected chi connectivity index (χ1v) is 9.50. The van der Waals surface area contributed by atoms with Crippen molar-refractivity contribution in [3.63, 3.8) is 0 Å². The molecule has 0 aliphatic rings. The van der Waals surface area contributed by atoms with E-state index in [1.165, 1.54) is 18.2 Å². The van der Waals surface area contributed by atoms with Crippen LogP contribution >= 0.6 is 0 Å². The Morgan fingerprint density at radius 1 is 0.419 bits per heavy atom. The lowest BCUT2D eigenvalue weighted by molar-refractivity contribution is 0.458. The lowest BCUT2D eigenvalue weighted by Gasteiger charge is -2.19. The Hall–Kier alpha value is -3.73. The van der Waals surface area contributed by atoms with Gasteiger partial charge in [-0.2, -0.15) is 0 Å². The van der Waals surface area contributed by atoms with Crippen LogP contribution in [0.1, 0.15) is 0 Å². The molecule has 0 radical (unpaired) electrons. The Morgan fingerprint density at radius 2 is 0.968 bits per heavy atom. The Bertz CT molecular complexity index is 1450. The summed E-state index contributed by atoms with van der Waals surface area (Å²) in [5, 5.41) is 1.12. The zero-order chi connectivity index (χ0) is 21.7. The van der Waals surface area contributed by atoms with Gasteiger partial charge in [-0.05, 0) is 27.8 Å². The van der Waals surface area contributed by atoms with Crippen LogP contribution in [-0.2, 0) is 0 Å². The molecule has 5 heteroatoms. The summed E-state index contributed by atoms with van der Waals surface area (Å²) in [7, 11) is 0. The van der Waals surface area contributed by atoms with Crippen LogP contribution in [0.5, 0.6) is 0 Å². The summed E-state index contributed by atoms with van der Waals surface area (Å²) < 4.78 is 73.0. The quantitative estimate of drug-likeness (QED) is 0.154. The molecule has 0 atom stereocenters. The van der Waals surface area contributed by atoms with Gasteiger partial charge in [0, 0.05) is 22.6 Å². The second-order valence-electron chi connectivity index (χ2n) is 7.17. The Morgan fingerprint density at radius 3 is 1.61 bits per heavy atom. The summed E-state index contributed by atoms with van der Waals surface area (Å²) in [6.45, 7) is 0. The molecular weight excluding hydrogens is 407 g/mol. The maximum Gasteiger partial charge on any atom is 0.169 e. The van der Waals surface area contributed by atoms with Crippen molar-refractivity contribution in [1.29, 1.82) is 0 Å². The predicted molar refractivity (Wildman–Crippen MR) is 112 cm³/mol. The molecule has 0 spiro atoms. The van der Waals surface area contributed by atoms with Crippen molar-refractivity contribution < 1.29 is 22.0 Å². The Kier molecular flexibility index (Phi) is 4.47. The number of fused-ring (bicyclic) bond motifs is 2. The van der Waals surface area contributed by atoms with Crippen LogP contribution in [0.2, 0.25) is 0 Å². The van der Waals surface area contributed by atoms with Crippen LogP contribution < -0.4 is 0 Å². The number of rotatable bonds is 2. The van der Waals surface area contributed by atoms with Crippen molar-refractivity contribution in [3.8, 4) is 22.3 Å². The summed E-state index contributed by atoms with van der Waals surface area (Å²) >= 11 is 0. The molecule has 5 aromatic rings. The van der Waals surface area contributed by atoms with E-state index in [1.807, 2.05) is 6.07 Å². The molecule has 152 valence electrons. The third-order valence-electron chi connectivity index (χ3n) is 5.42. The average molecular weight is 420 g/mol. The highest BCUT2D eigenvalue weighted by Gasteiger charge is 2.26. The van der Waals surface area contributed by atoms with E-state index in [1.54, 1.807) is 48.5 Å². The minimum absolute atomic E-state index is 0.0989. The fourth-order valence-corrected chi connectivity index (χ4v) is 4.15.